The third-order valence-corrected chi connectivity index (χ3v) is 5.26. The van der Waals surface area contributed by atoms with Gasteiger partial charge >= 0.3 is 5.69 Å². The molecule has 12 heteroatoms. The van der Waals surface area contributed by atoms with E-state index in [0.29, 0.717) is 10.3 Å². The number of H-pyrrole nitrogens is 2. The molecule has 1 aliphatic carbocycles. The highest BCUT2D eigenvalue weighted by molar-refractivity contribution is 6.35. The summed E-state index contributed by atoms with van der Waals surface area (Å²) in [7, 11) is 0. The van der Waals surface area contributed by atoms with E-state index >= 15 is 0 Å². The van der Waals surface area contributed by atoms with Crippen molar-refractivity contribution in [3.8, 4) is 0 Å². The van der Waals surface area contributed by atoms with Crippen LogP contribution in [-0.4, -0.2) is 29.9 Å². The second-order valence-electron chi connectivity index (χ2n) is 6.51. The van der Waals surface area contributed by atoms with Crippen LogP contribution in [0.4, 0.5) is 0 Å². The van der Waals surface area contributed by atoms with E-state index in [1.807, 2.05) is 29.2 Å². The minimum atomic E-state index is -0.475. The zero-order valence-corrected chi connectivity index (χ0v) is 19.4. The molecule has 0 radical (unpaired) electrons. The van der Waals surface area contributed by atoms with Crippen molar-refractivity contribution in [2.75, 3.05) is 0 Å². The molecule has 0 saturated carbocycles. The summed E-state index contributed by atoms with van der Waals surface area (Å²) in [4.78, 5) is 40.5. The normalized spacial score (nSPS) is 12.1. The molecular weight excluding hydrogens is 498 g/mol. The van der Waals surface area contributed by atoms with Gasteiger partial charge in [-0.25, -0.2) is 24.7 Å². The third kappa shape index (κ3) is 6.74. The Morgan fingerprint density at radius 2 is 1.50 bits per heavy atom. The molecule has 0 atom stereocenters. The van der Waals surface area contributed by atoms with Gasteiger partial charge in [-0.2, -0.15) is 0 Å². The van der Waals surface area contributed by atoms with Crippen LogP contribution in [0.1, 0.15) is 25.5 Å². The number of hydrogen-bond donors (Lipinski definition) is 2. The van der Waals surface area contributed by atoms with Crippen LogP contribution < -0.4 is 11.2 Å². The number of nitrogens with zero attached hydrogens (tertiary/aromatic N) is 4. The van der Waals surface area contributed by atoms with Crippen LogP contribution in [0, 0.1) is 0 Å². The number of aryl methyl sites for hydroxylation is 1. The summed E-state index contributed by atoms with van der Waals surface area (Å²) in [5.74, 6) is 0. The standard InChI is InChI=1S/C8H8Cl2N2.C8H4Cl2N2.C4H4N2O2.H2/c2*9-7-5-3-1-2-4-6(5)11-8(10)12-7;7-3-1-2-5-4(8)6-3;/h1-4H2;1-4H;1-2H,(H2,5,6,7,8);1H/i;;;1+1. The second-order valence-corrected chi connectivity index (χ2v) is 7.90. The van der Waals surface area contributed by atoms with Crippen molar-refractivity contribution in [3.63, 3.8) is 0 Å². The molecule has 4 aromatic rings. The number of aromatic nitrogens is 6. The quantitative estimate of drug-likeness (QED) is 0.253. The third-order valence-electron chi connectivity index (χ3n) is 4.32. The maximum absolute atomic E-state index is 10.2. The first-order valence-corrected chi connectivity index (χ1v) is 10.9. The minimum absolute atomic E-state index is 0. The number of para-hydroxylation sites is 1. The molecule has 168 valence electrons. The summed E-state index contributed by atoms with van der Waals surface area (Å²) >= 11 is 23.0. The zero-order chi connectivity index (χ0) is 23.1. The van der Waals surface area contributed by atoms with Crippen molar-refractivity contribution in [1.82, 2.24) is 29.9 Å². The van der Waals surface area contributed by atoms with E-state index in [9.17, 15) is 9.59 Å². The Hall–Kier alpha value is -2.52. The van der Waals surface area contributed by atoms with E-state index in [2.05, 4.69) is 24.9 Å². The average molecular weight is 517 g/mol. The number of hydrogen-bond acceptors (Lipinski definition) is 6. The number of halogens is 4. The first-order valence-electron chi connectivity index (χ1n) is 9.40. The molecule has 3 heterocycles. The molecule has 1 aromatic carbocycles. The van der Waals surface area contributed by atoms with Gasteiger partial charge in [0.1, 0.15) is 10.3 Å². The maximum Gasteiger partial charge on any atom is 0.325 e. The molecule has 0 aliphatic heterocycles. The van der Waals surface area contributed by atoms with Crippen LogP contribution in [-0.2, 0) is 12.8 Å². The van der Waals surface area contributed by atoms with E-state index in [1.165, 1.54) is 25.1 Å². The fraction of sp³-hybridized carbons (Fsp3) is 0.200. The number of rotatable bonds is 0. The predicted octanol–water partition coefficient (Wildman–Crippen LogP) is 4.91. The summed E-state index contributed by atoms with van der Waals surface area (Å²) < 4.78 is 0. The van der Waals surface area contributed by atoms with Gasteiger partial charge in [-0.1, -0.05) is 35.3 Å². The SMILES string of the molecule is Clc1nc(Cl)c2c(n1)CCCC2.Clc1nc(Cl)c2ccccc2n1.O=c1cc[nH]c(=O)[nH]1.[2HH]. The molecular formula is C20H18Cl4N6O2. The maximum atomic E-state index is 10.2. The largest absolute Gasteiger partial charge is 0.325 e. The topological polar surface area (TPSA) is 117 Å². The predicted molar refractivity (Wildman–Crippen MR) is 128 cm³/mol. The molecule has 0 spiro atoms. The lowest BCUT2D eigenvalue weighted by Crippen LogP contribution is -2.19. The number of fused-ring (bicyclic) bond motifs is 2. The van der Waals surface area contributed by atoms with E-state index < -0.39 is 5.69 Å². The van der Waals surface area contributed by atoms with Crippen molar-refractivity contribution in [3.05, 3.63) is 89.5 Å². The Bertz CT molecular complexity index is 1320. The van der Waals surface area contributed by atoms with E-state index in [-0.39, 0.29) is 17.6 Å². The summed E-state index contributed by atoms with van der Waals surface area (Å²) in [5, 5.41) is 2.19. The van der Waals surface area contributed by atoms with Gasteiger partial charge < -0.3 is 4.98 Å². The lowest BCUT2D eigenvalue weighted by molar-refractivity contribution is 0.662. The van der Waals surface area contributed by atoms with Gasteiger partial charge in [0, 0.05) is 24.6 Å². The molecule has 0 bridgehead atoms. The Kier molecular flexibility index (Phi) is 8.58. The molecule has 0 saturated heterocycles. The van der Waals surface area contributed by atoms with Crippen molar-refractivity contribution in [2.24, 2.45) is 0 Å². The summed E-state index contributed by atoms with van der Waals surface area (Å²) in [6, 6.07) is 8.69. The lowest BCUT2D eigenvalue weighted by atomic mass is 9.98. The molecule has 0 amide bonds. The first-order chi connectivity index (χ1) is 15.3. The van der Waals surface area contributed by atoms with Crippen LogP contribution in [0.15, 0.2) is 46.1 Å². The Morgan fingerprint density at radius 3 is 2.22 bits per heavy atom. The number of nitrogens with one attached hydrogen (secondary N) is 2. The Labute approximate surface area is 203 Å². The smallest absolute Gasteiger partial charge is 0.314 e. The molecule has 32 heavy (non-hydrogen) atoms. The van der Waals surface area contributed by atoms with Gasteiger partial charge in [-0.05, 0) is 61.0 Å². The highest BCUT2D eigenvalue weighted by atomic mass is 35.5. The van der Waals surface area contributed by atoms with E-state index in [0.717, 1.165) is 35.0 Å². The van der Waals surface area contributed by atoms with Gasteiger partial charge in [0.15, 0.2) is 0 Å². The van der Waals surface area contributed by atoms with Gasteiger partial charge in [0.25, 0.3) is 5.56 Å². The summed E-state index contributed by atoms with van der Waals surface area (Å²) in [5.41, 5.74) is 2.03. The number of benzene rings is 1. The molecule has 1 aliphatic rings. The molecule has 3 aromatic heterocycles. The van der Waals surface area contributed by atoms with Crippen LogP contribution in [0.2, 0.25) is 20.9 Å². The molecule has 0 fully saturated rings. The average Bonchev–Trinajstić information content (AvgIpc) is 2.74. The zero-order valence-electron chi connectivity index (χ0n) is 16.4. The van der Waals surface area contributed by atoms with E-state index in [4.69, 9.17) is 46.4 Å². The number of aromatic amines is 2. The van der Waals surface area contributed by atoms with Crippen LogP contribution in [0.25, 0.3) is 10.9 Å². The van der Waals surface area contributed by atoms with Gasteiger partial charge in [0.2, 0.25) is 10.6 Å². The van der Waals surface area contributed by atoms with Crippen molar-refractivity contribution < 1.29 is 1.43 Å². The van der Waals surface area contributed by atoms with Crippen LogP contribution in [0.5, 0.6) is 0 Å². The molecule has 0 unspecified atom stereocenters. The van der Waals surface area contributed by atoms with Gasteiger partial charge in [-0.15, -0.1) is 0 Å². The van der Waals surface area contributed by atoms with Gasteiger partial charge in [0.05, 0.1) is 11.2 Å². The first kappa shape index (κ1) is 24.1. The molecule has 2 N–H and O–H groups in total. The fourth-order valence-electron chi connectivity index (χ4n) is 2.91. The highest BCUT2D eigenvalue weighted by Gasteiger charge is 2.15. The van der Waals surface area contributed by atoms with Crippen molar-refractivity contribution in [1.29, 1.82) is 0 Å². The summed E-state index contributed by atoms with van der Waals surface area (Å²) in [6.45, 7) is 0. The summed E-state index contributed by atoms with van der Waals surface area (Å²) in [6.07, 6.45) is 5.62. The minimum Gasteiger partial charge on any atom is -0.314 e. The lowest BCUT2D eigenvalue weighted by Gasteiger charge is -2.14. The van der Waals surface area contributed by atoms with E-state index in [1.54, 1.807) is 0 Å². The van der Waals surface area contributed by atoms with Crippen molar-refractivity contribution >= 4 is 57.3 Å². The Morgan fingerprint density at radius 1 is 0.812 bits per heavy atom. The fourth-order valence-corrected chi connectivity index (χ4v) is 3.89. The second kappa shape index (κ2) is 11.4. The van der Waals surface area contributed by atoms with Crippen LogP contribution >= 0.6 is 46.4 Å². The molecule has 5 rings (SSSR count). The van der Waals surface area contributed by atoms with Gasteiger partial charge in [-0.3, -0.25) is 9.78 Å². The van der Waals surface area contributed by atoms with Crippen molar-refractivity contribution in [2.45, 2.75) is 25.7 Å². The highest BCUT2D eigenvalue weighted by Crippen LogP contribution is 2.26. The monoisotopic (exact) mass is 515 g/mol. The van der Waals surface area contributed by atoms with Crippen LogP contribution in [0.3, 0.4) is 0 Å². The molecule has 8 nitrogen and oxygen atoms in total. The Balaban J connectivity index is 0.000000177.